The van der Waals surface area contributed by atoms with Gasteiger partial charge in [-0.05, 0) is 48.9 Å². The summed E-state index contributed by atoms with van der Waals surface area (Å²) in [4.78, 5) is 12.2. The third kappa shape index (κ3) is 6.36. The maximum Gasteiger partial charge on any atom is 0.255 e. The number of benzene rings is 2. The molecule has 2 rings (SSSR count). The zero-order valence-corrected chi connectivity index (χ0v) is 15.6. The molecule has 1 amide bonds. The molecule has 24 heavy (non-hydrogen) atoms. The van der Waals surface area contributed by atoms with Gasteiger partial charge < -0.3 is 10.1 Å². The van der Waals surface area contributed by atoms with Crippen LogP contribution in [0.25, 0.3) is 0 Å². The number of anilines is 1. The summed E-state index contributed by atoms with van der Waals surface area (Å²) in [5, 5.41) is 2.89. The number of carbonyl (C=O) groups excluding carboxylic acids is 1. The number of rotatable bonds is 9. The number of ether oxygens (including phenoxy) is 1. The SMILES string of the molecule is CCCCCCCOc1ccc(NC(=O)c2cccc(Br)c2)cc1. The molecule has 0 heterocycles. The molecule has 0 aliphatic heterocycles. The van der Waals surface area contributed by atoms with E-state index < -0.39 is 0 Å². The van der Waals surface area contributed by atoms with Crippen LogP contribution >= 0.6 is 15.9 Å². The highest BCUT2D eigenvalue weighted by Gasteiger charge is 2.06. The Morgan fingerprint density at radius 2 is 1.79 bits per heavy atom. The molecule has 4 heteroatoms. The van der Waals surface area contributed by atoms with Crippen molar-refractivity contribution in [1.82, 2.24) is 0 Å². The van der Waals surface area contributed by atoms with Gasteiger partial charge in [0.1, 0.15) is 5.75 Å². The Labute approximate surface area is 152 Å². The van der Waals surface area contributed by atoms with Gasteiger partial charge in [-0.2, -0.15) is 0 Å². The van der Waals surface area contributed by atoms with Gasteiger partial charge >= 0.3 is 0 Å². The molecular weight excluding hydrogens is 366 g/mol. The maximum absolute atomic E-state index is 12.2. The molecular formula is C20H24BrNO2. The lowest BCUT2D eigenvalue weighted by atomic mass is 10.2. The monoisotopic (exact) mass is 389 g/mol. The van der Waals surface area contributed by atoms with Crippen molar-refractivity contribution < 1.29 is 9.53 Å². The van der Waals surface area contributed by atoms with Crippen LogP contribution in [0.2, 0.25) is 0 Å². The first-order valence-electron chi connectivity index (χ1n) is 8.49. The number of nitrogens with one attached hydrogen (secondary N) is 1. The Bertz CT molecular complexity index is 640. The summed E-state index contributed by atoms with van der Waals surface area (Å²) in [5.41, 5.74) is 1.38. The molecule has 128 valence electrons. The van der Waals surface area contributed by atoms with Crippen LogP contribution in [0.15, 0.2) is 53.0 Å². The molecule has 0 saturated heterocycles. The van der Waals surface area contributed by atoms with E-state index in [1.807, 2.05) is 36.4 Å². The topological polar surface area (TPSA) is 38.3 Å². The summed E-state index contributed by atoms with van der Waals surface area (Å²) < 4.78 is 6.61. The lowest BCUT2D eigenvalue weighted by Gasteiger charge is -2.08. The van der Waals surface area contributed by atoms with Crippen molar-refractivity contribution in [2.45, 2.75) is 39.0 Å². The predicted molar refractivity (Wildman–Crippen MR) is 103 cm³/mol. The van der Waals surface area contributed by atoms with Crippen molar-refractivity contribution >= 4 is 27.5 Å². The van der Waals surface area contributed by atoms with Crippen LogP contribution < -0.4 is 10.1 Å². The number of hydrogen-bond donors (Lipinski definition) is 1. The summed E-state index contributed by atoms with van der Waals surface area (Å²) in [5.74, 6) is 0.715. The lowest BCUT2D eigenvalue weighted by Crippen LogP contribution is -2.11. The van der Waals surface area contributed by atoms with E-state index >= 15 is 0 Å². The van der Waals surface area contributed by atoms with Crippen molar-refractivity contribution in [3.8, 4) is 5.75 Å². The van der Waals surface area contributed by atoms with Crippen LogP contribution in [0.4, 0.5) is 5.69 Å². The molecule has 0 unspecified atom stereocenters. The van der Waals surface area contributed by atoms with Crippen LogP contribution in [-0.4, -0.2) is 12.5 Å². The van der Waals surface area contributed by atoms with Crippen LogP contribution in [0, 0.1) is 0 Å². The first-order chi connectivity index (χ1) is 11.7. The fourth-order valence-electron chi connectivity index (χ4n) is 2.36. The molecule has 2 aromatic rings. The zero-order chi connectivity index (χ0) is 17.2. The molecule has 0 spiro atoms. The van der Waals surface area contributed by atoms with Crippen molar-refractivity contribution in [2.75, 3.05) is 11.9 Å². The number of amides is 1. The Balaban J connectivity index is 1.78. The Morgan fingerprint density at radius 3 is 2.50 bits per heavy atom. The van der Waals surface area contributed by atoms with Gasteiger partial charge in [0.25, 0.3) is 5.91 Å². The van der Waals surface area contributed by atoms with Crippen molar-refractivity contribution in [3.05, 3.63) is 58.6 Å². The minimum atomic E-state index is -0.124. The van der Waals surface area contributed by atoms with Gasteiger partial charge in [-0.1, -0.05) is 54.6 Å². The summed E-state index contributed by atoms with van der Waals surface area (Å²) >= 11 is 3.37. The van der Waals surface area contributed by atoms with Crippen molar-refractivity contribution in [1.29, 1.82) is 0 Å². The molecule has 0 aliphatic carbocycles. The van der Waals surface area contributed by atoms with Gasteiger partial charge in [0.05, 0.1) is 6.61 Å². The lowest BCUT2D eigenvalue weighted by molar-refractivity contribution is 0.102. The first kappa shape index (κ1) is 18.5. The zero-order valence-electron chi connectivity index (χ0n) is 14.1. The molecule has 0 radical (unpaired) electrons. The second kappa shape index (κ2) is 10.1. The number of halogens is 1. The van der Waals surface area contributed by atoms with Crippen LogP contribution in [-0.2, 0) is 0 Å². The van der Waals surface area contributed by atoms with E-state index in [4.69, 9.17) is 4.74 Å². The number of carbonyl (C=O) groups is 1. The highest BCUT2D eigenvalue weighted by Crippen LogP contribution is 2.18. The molecule has 3 nitrogen and oxygen atoms in total. The average Bonchev–Trinajstić information content (AvgIpc) is 2.59. The van der Waals surface area contributed by atoms with Crippen molar-refractivity contribution in [2.24, 2.45) is 0 Å². The Kier molecular flexibility index (Phi) is 7.83. The van der Waals surface area contributed by atoms with Gasteiger partial charge in [-0.25, -0.2) is 0 Å². The van der Waals surface area contributed by atoms with Gasteiger partial charge in [-0.15, -0.1) is 0 Å². The maximum atomic E-state index is 12.2. The summed E-state index contributed by atoms with van der Waals surface area (Å²) in [6.07, 6.45) is 6.14. The minimum Gasteiger partial charge on any atom is -0.494 e. The molecule has 0 aromatic heterocycles. The highest BCUT2D eigenvalue weighted by molar-refractivity contribution is 9.10. The summed E-state index contributed by atoms with van der Waals surface area (Å²) in [6.45, 7) is 2.96. The Hall–Kier alpha value is -1.81. The first-order valence-corrected chi connectivity index (χ1v) is 9.28. The van der Waals surface area contributed by atoms with Crippen LogP contribution in [0.5, 0.6) is 5.75 Å². The second-order valence-corrected chi connectivity index (χ2v) is 6.67. The summed E-state index contributed by atoms with van der Waals surface area (Å²) in [6, 6.07) is 14.8. The normalized spacial score (nSPS) is 10.4. The van der Waals surface area contributed by atoms with E-state index in [0.717, 1.165) is 28.9 Å². The Morgan fingerprint density at radius 1 is 1.04 bits per heavy atom. The van der Waals surface area contributed by atoms with E-state index in [9.17, 15) is 4.79 Å². The largest absolute Gasteiger partial charge is 0.494 e. The quantitative estimate of drug-likeness (QED) is 0.529. The average molecular weight is 390 g/mol. The standard InChI is InChI=1S/C20H24BrNO2/c1-2-3-4-5-6-14-24-19-12-10-18(11-13-19)22-20(23)16-8-7-9-17(21)15-16/h7-13,15H,2-6,14H2,1H3,(H,22,23). The summed E-state index contributed by atoms with van der Waals surface area (Å²) in [7, 11) is 0. The number of unbranched alkanes of at least 4 members (excludes halogenated alkanes) is 4. The van der Waals surface area contributed by atoms with E-state index in [1.54, 1.807) is 12.1 Å². The van der Waals surface area contributed by atoms with Gasteiger partial charge in [0, 0.05) is 15.7 Å². The third-order valence-corrected chi connectivity index (χ3v) is 4.21. The molecule has 0 saturated carbocycles. The van der Waals surface area contributed by atoms with E-state index in [0.29, 0.717) is 5.56 Å². The molecule has 2 aromatic carbocycles. The molecule has 0 fully saturated rings. The van der Waals surface area contributed by atoms with Crippen LogP contribution in [0.3, 0.4) is 0 Å². The fraction of sp³-hybridized carbons (Fsp3) is 0.350. The minimum absolute atomic E-state index is 0.124. The predicted octanol–water partition coefficient (Wildman–Crippen LogP) is 6.05. The van der Waals surface area contributed by atoms with Gasteiger partial charge in [0.2, 0.25) is 0 Å². The smallest absolute Gasteiger partial charge is 0.255 e. The molecule has 1 N–H and O–H groups in total. The third-order valence-electron chi connectivity index (χ3n) is 3.72. The van der Waals surface area contributed by atoms with Gasteiger partial charge in [0.15, 0.2) is 0 Å². The second-order valence-electron chi connectivity index (χ2n) is 5.75. The molecule has 0 atom stereocenters. The van der Waals surface area contributed by atoms with Crippen molar-refractivity contribution in [3.63, 3.8) is 0 Å². The van der Waals surface area contributed by atoms with Gasteiger partial charge in [-0.3, -0.25) is 4.79 Å². The molecule has 0 aliphatic rings. The van der Waals surface area contributed by atoms with E-state index in [-0.39, 0.29) is 5.91 Å². The van der Waals surface area contributed by atoms with Crippen LogP contribution in [0.1, 0.15) is 49.4 Å². The van der Waals surface area contributed by atoms with E-state index in [2.05, 4.69) is 28.2 Å². The number of hydrogen-bond acceptors (Lipinski definition) is 2. The molecule has 0 bridgehead atoms. The highest BCUT2D eigenvalue weighted by atomic mass is 79.9. The fourth-order valence-corrected chi connectivity index (χ4v) is 2.76. The van der Waals surface area contributed by atoms with E-state index in [1.165, 1.54) is 25.7 Å².